The van der Waals surface area contributed by atoms with Crippen molar-refractivity contribution in [1.82, 2.24) is 4.90 Å². The lowest BCUT2D eigenvalue weighted by Gasteiger charge is -2.30. The molecule has 1 aromatic rings. The van der Waals surface area contributed by atoms with Gasteiger partial charge < -0.3 is 15.0 Å². The summed E-state index contributed by atoms with van der Waals surface area (Å²) < 4.78 is 5.76. The van der Waals surface area contributed by atoms with E-state index in [1.807, 2.05) is 29.2 Å². The zero-order chi connectivity index (χ0) is 16.7. The quantitative estimate of drug-likeness (QED) is 0.832. The zero-order valence-electron chi connectivity index (χ0n) is 14.7. The number of nitrogens with one attached hydrogen (secondary N) is 1. The maximum atomic E-state index is 12.2. The Morgan fingerprint density at radius 1 is 1.35 bits per heavy atom. The minimum absolute atomic E-state index is 0.183. The number of rotatable bonds is 7. The van der Waals surface area contributed by atoms with Gasteiger partial charge in [0.25, 0.3) is 0 Å². The molecule has 0 saturated carbocycles. The smallest absolute Gasteiger partial charge is 0.241 e. The lowest BCUT2D eigenvalue weighted by Crippen LogP contribution is -2.40. The maximum Gasteiger partial charge on any atom is 0.241 e. The molecule has 2 rings (SSSR count). The molecule has 0 radical (unpaired) electrons. The fourth-order valence-corrected chi connectivity index (χ4v) is 2.66. The molecule has 1 aliphatic rings. The highest BCUT2D eigenvalue weighted by molar-refractivity contribution is 5.81. The van der Waals surface area contributed by atoms with Crippen LogP contribution in [0.5, 0.6) is 5.75 Å². The van der Waals surface area contributed by atoms with Crippen LogP contribution in [0.2, 0.25) is 0 Å². The van der Waals surface area contributed by atoms with Gasteiger partial charge in [0.2, 0.25) is 5.91 Å². The largest absolute Gasteiger partial charge is 0.494 e. The maximum absolute atomic E-state index is 12.2. The van der Waals surface area contributed by atoms with Gasteiger partial charge in [-0.3, -0.25) is 4.79 Å². The highest BCUT2D eigenvalue weighted by Gasteiger charge is 2.19. The predicted octanol–water partition coefficient (Wildman–Crippen LogP) is 3.78. The molecule has 1 N–H and O–H groups in total. The number of hydrogen-bond acceptors (Lipinski definition) is 3. The monoisotopic (exact) mass is 318 g/mol. The molecule has 0 spiro atoms. The van der Waals surface area contributed by atoms with Crippen LogP contribution in [0.25, 0.3) is 0 Å². The van der Waals surface area contributed by atoms with Crippen LogP contribution >= 0.6 is 0 Å². The van der Waals surface area contributed by atoms with Gasteiger partial charge >= 0.3 is 0 Å². The van der Waals surface area contributed by atoms with E-state index >= 15 is 0 Å². The summed E-state index contributed by atoms with van der Waals surface area (Å²) in [6, 6.07) is 7.85. The number of amides is 1. The Morgan fingerprint density at radius 2 is 2.09 bits per heavy atom. The first-order valence-electron chi connectivity index (χ1n) is 8.79. The van der Waals surface area contributed by atoms with Crippen molar-refractivity contribution in [3.63, 3.8) is 0 Å². The minimum Gasteiger partial charge on any atom is -0.494 e. The first-order valence-corrected chi connectivity index (χ1v) is 8.79. The third-order valence-corrected chi connectivity index (χ3v) is 4.38. The van der Waals surface area contributed by atoms with Crippen LogP contribution in [0.15, 0.2) is 24.3 Å². The van der Waals surface area contributed by atoms with Gasteiger partial charge in [0.05, 0.1) is 13.2 Å². The van der Waals surface area contributed by atoms with E-state index in [9.17, 15) is 4.79 Å². The third kappa shape index (κ3) is 6.12. The standard InChI is InChI=1S/C19H30N2O2/c1-15(2)9-12-23-18-6-4-5-17(13-18)20-14-19(22)21-10-7-16(3)8-11-21/h4-6,13,15-16,20H,7-12,14H2,1-3H3. The van der Waals surface area contributed by atoms with Gasteiger partial charge in [-0.05, 0) is 43.2 Å². The van der Waals surface area contributed by atoms with E-state index in [-0.39, 0.29) is 5.91 Å². The Balaban J connectivity index is 1.77. The molecule has 1 amide bonds. The van der Waals surface area contributed by atoms with E-state index in [4.69, 9.17) is 4.74 Å². The van der Waals surface area contributed by atoms with Crippen LogP contribution in [0.1, 0.15) is 40.0 Å². The van der Waals surface area contributed by atoms with Gasteiger partial charge in [-0.1, -0.05) is 26.8 Å². The normalized spacial score (nSPS) is 15.7. The molecule has 23 heavy (non-hydrogen) atoms. The first kappa shape index (κ1) is 17.6. The molecule has 1 heterocycles. The van der Waals surface area contributed by atoms with E-state index < -0.39 is 0 Å². The number of carbonyl (C=O) groups is 1. The van der Waals surface area contributed by atoms with Crippen molar-refractivity contribution in [2.24, 2.45) is 11.8 Å². The Bertz CT molecular complexity index is 494. The zero-order valence-corrected chi connectivity index (χ0v) is 14.7. The minimum atomic E-state index is 0.183. The number of likely N-dealkylation sites (tertiary alicyclic amines) is 1. The Hall–Kier alpha value is -1.71. The molecule has 0 atom stereocenters. The van der Waals surface area contributed by atoms with Crippen molar-refractivity contribution in [3.05, 3.63) is 24.3 Å². The van der Waals surface area contributed by atoms with Crippen LogP contribution in [-0.2, 0) is 4.79 Å². The lowest BCUT2D eigenvalue weighted by atomic mass is 9.99. The first-order chi connectivity index (χ1) is 11.0. The molecule has 0 bridgehead atoms. The molecule has 1 fully saturated rings. The summed E-state index contributed by atoms with van der Waals surface area (Å²) in [5, 5.41) is 3.22. The van der Waals surface area contributed by atoms with Gasteiger partial charge in [0.1, 0.15) is 5.75 Å². The number of nitrogens with zero attached hydrogens (tertiary/aromatic N) is 1. The SMILES string of the molecule is CC(C)CCOc1cccc(NCC(=O)N2CCC(C)CC2)c1. The van der Waals surface area contributed by atoms with Gasteiger partial charge in [0.15, 0.2) is 0 Å². The second kappa shape index (κ2) is 8.80. The molecule has 4 heteroatoms. The van der Waals surface area contributed by atoms with Crippen molar-refractivity contribution in [1.29, 1.82) is 0 Å². The summed E-state index contributed by atoms with van der Waals surface area (Å²) in [5.41, 5.74) is 0.936. The Kier molecular flexibility index (Phi) is 6.75. The number of hydrogen-bond donors (Lipinski definition) is 1. The molecular formula is C19H30N2O2. The topological polar surface area (TPSA) is 41.6 Å². The van der Waals surface area contributed by atoms with Crippen LogP contribution in [0.4, 0.5) is 5.69 Å². The summed E-state index contributed by atoms with van der Waals surface area (Å²) in [5.74, 6) is 2.42. The van der Waals surface area contributed by atoms with Crippen LogP contribution in [0.3, 0.4) is 0 Å². The molecule has 0 unspecified atom stereocenters. The Morgan fingerprint density at radius 3 is 2.78 bits per heavy atom. The molecule has 4 nitrogen and oxygen atoms in total. The average molecular weight is 318 g/mol. The third-order valence-electron chi connectivity index (χ3n) is 4.38. The second-order valence-electron chi connectivity index (χ2n) is 6.98. The summed E-state index contributed by atoms with van der Waals surface area (Å²) in [6.45, 7) is 9.49. The fraction of sp³-hybridized carbons (Fsp3) is 0.632. The fourth-order valence-electron chi connectivity index (χ4n) is 2.66. The molecular weight excluding hydrogens is 288 g/mol. The van der Waals surface area contributed by atoms with Crippen molar-refractivity contribution >= 4 is 11.6 Å². The van der Waals surface area contributed by atoms with E-state index in [0.29, 0.717) is 12.5 Å². The summed E-state index contributed by atoms with van der Waals surface area (Å²) in [7, 11) is 0. The summed E-state index contributed by atoms with van der Waals surface area (Å²) >= 11 is 0. The number of carbonyl (C=O) groups excluding carboxylic acids is 1. The summed E-state index contributed by atoms with van der Waals surface area (Å²) in [4.78, 5) is 14.2. The molecule has 128 valence electrons. The summed E-state index contributed by atoms with van der Waals surface area (Å²) in [6.07, 6.45) is 3.28. The molecule has 1 aliphatic heterocycles. The van der Waals surface area contributed by atoms with E-state index in [1.54, 1.807) is 0 Å². The van der Waals surface area contributed by atoms with Gasteiger partial charge in [-0.15, -0.1) is 0 Å². The molecule has 0 aromatic heterocycles. The van der Waals surface area contributed by atoms with E-state index in [2.05, 4.69) is 26.1 Å². The van der Waals surface area contributed by atoms with Crippen LogP contribution in [-0.4, -0.2) is 37.0 Å². The average Bonchev–Trinajstić information content (AvgIpc) is 2.53. The predicted molar refractivity (Wildman–Crippen MR) is 94.9 cm³/mol. The van der Waals surface area contributed by atoms with Crippen LogP contribution < -0.4 is 10.1 Å². The number of piperidine rings is 1. The number of ether oxygens (including phenoxy) is 1. The van der Waals surface area contributed by atoms with Gasteiger partial charge in [-0.25, -0.2) is 0 Å². The van der Waals surface area contributed by atoms with Crippen molar-refractivity contribution in [2.75, 3.05) is 31.6 Å². The van der Waals surface area contributed by atoms with Crippen molar-refractivity contribution < 1.29 is 9.53 Å². The van der Waals surface area contributed by atoms with E-state index in [0.717, 1.165) is 56.3 Å². The van der Waals surface area contributed by atoms with Crippen molar-refractivity contribution in [2.45, 2.75) is 40.0 Å². The molecule has 1 aromatic carbocycles. The highest BCUT2D eigenvalue weighted by Crippen LogP contribution is 2.19. The second-order valence-corrected chi connectivity index (χ2v) is 6.98. The Labute approximate surface area is 140 Å². The highest BCUT2D eigenvalue weighted by atomic mass is 16.5. The van der Waals surface area contributed by atoms with Crippen molar-refractivity contribution in [3.8, 4) is 5.75 Å². The number of benzene rings is 1. The van der Waals surface area contributed by atoms with Gasteiger partial charge in [-0.2, -0.15) is 0 Å². The molecule has 1 saturated heterocycles. The van der Waals surface area contributed by atoms with Crippen LogP contribution in [0, 0.1) is 11.8 Å². The van der Waals surface area contributed by atoms with Gasteiger partial charge in [0, 0.05) is 24.8 Å². The number of anilines is 1. The lowest BCUT2D eigenvalue weighted by molar-refractivity contribution is -0.130. The molecule has 0 aliphatic carbocycles. The van der Waals surface area contributed by atoms with E-state index in [1.165, 1.54) is 0 Å².